The summed E-state index contributed by atoms with van der Waals surface area (Å²) in [6.07, 6.45) is 2.95. The number of carbonyl (C=O) groups excluding carboxylic acids is 1. The molecule has 3 nitrogen and oxygen atoms in total. The van der Waals surface area contributed by atoms with E-state index < -0.39 is 0 Å². The van der Waals surface area contributed by atoms with E-state index in [1.54, 1.807) is 0 Å². The van der Waals surface area contributed by atoms with Crippen molar-refractivity contribution in [2.75, 3.05) is 27.2 Å². The average Bonchev–Trinajstić information content (AvgIpc) is 2.40. The lowest BCUT2D eigenvalue weighted by Crippen LogP contribution is -2.28. The van der Waals surface area contributed by atoms with Gasteiger partial charge in [-0.15, -0.1) is 0 Å². The van der Waals surface area contributed by atoms with E-state index in [2.05, 4.69) is 12.2 Å². The number of nitrogens with one attached hydrogen (secondary N) is 1. The van der Waals surface area contributed by atoms with Gasteiger partial charge in [-0.25, -0.2) is 0 Å². The standard InChI is InChI=1S/C10H20N2O/c1-4-10(5-6-11-2)7-9(13)12(3)8-10/h11H,4-8H2,1-3H3. The summed E-state index contributed by atoms with van der Waals surface area (Å²) in [6, 6.07) is 0. The van der Waals surface area contributed by atoms with Crippen LogP contribution >= 0.6 is 0 Å². The largest absolute Gasteiger partial charge is 0.345 e. The van der Waals surface area contributed by atoms with Crippen molar-refractivity contribution in [3.63, 3.8) is 0 Å². The molecule has 1 rings (SSSR count). The Labute approximate surface area is 80.5 Å². The van der Waals surface area contributed by atoms with Crippen molar-refractivity contribution in [3.05, 3.63) is 0 Å². The first kappa shape index (κ1) is 10.5. The fraction of sp³-hybridized carbons (Fsp3) is 0.900. The molecule has 1 aliphatic rings. The van der Waals surface area contributed by atoms with Crippen LogP contribution in [0.15, 0.2) is 0 Å². The Bertz CT molecular complexity index is 193. The van der Waals surface area contributed by atoms with Crippen LogP contribution in [0, 0.1) is 5.41 Å². The number of rotatable bonds is 4. The first-order chi connectivity index (χ1) is 6.13. The zero-order chi connectivity index (χ0) is 9.90. The van der Waals surface area contributed by atoms with Gasteiger partial charge in [-0.1, -0.05) is 6.92 Å². The Kier molecular flexibility index (Phi) is 3.31. The molecular weight excluding hydrogens is 164 g/mol. The van der Waals surface area contributed by atoms with Crippen LogP contribution in [-0.4, -0.2) is 38.0 Å². The molecule has 0 radical (unpaired) electrons. The number of carbonyl (C=O) groups is 1. The third-order valence-corrected chi connectivity index (χ3v) is 3.18. The van der Waals surface area contributed by atoms with Crippen molar-refractivity contribution in [2.24, 2.45) is 5.41 Å². The van der Waals surface area contributed by atoms with Crippen molar-refractivity contribution < 1.29 is 4.79 Å². The molecule has 1 aliphatic heterocycles. The SMILES string of the molecule is CCC1(CCNC)CC(=O)N(C)C1. The van der Waals surface area contributed by atoms with E-state index in [1.807, 2.05) is 19.0 Å². The third kappa shape index (κ3) is 2.21. The molecule has 1 unspecified atom stereocenters. The molecule has 13 heavy (non-hydrogen) atoms. The van der Waals surface area contributed by atoms with Crippen LogP contribution in [0.1, 0.15) is 26.2 Å². The summed E-state index contributed by atoms with van der Waals surface area (Å²) in [5, 5.41) is 3.15. The van der Waals surface area contributed by atoms with Gasteiger partial charge in [-0.05, 0) is 31.8 Å². The van der Waals surface area contributed by atoms with Gasteiger partial charge >= 0.3 is 0 Å². The number of amides is 1. The number of hydrogen-bond donors (Lipinski definition) is 1. The smallest absolute Gasteiger partial charge is 0.222 e. The quantitative estimate of drug-likeness (QED) is 0.702. The van der Waals surface area contributed by atoms with Crippen LogP contribution < -0.4 is 5.32 Å². The summed E-state index contributed by atoms with van der Waals surface area (Å²) in [5.74, 6) is 0.304. The molecule has 1 saturated heterocycles. The summed E-state index contributed by atoms with van der Waals surface area (Å²) in [5.41, 5.74) is 0.245. The summed E-state index contributed by atoms with van der Waals surface area (Å²) >= 11 is 0. The second kappa shape index (κ2) is 4.09. The zero-order valence-electron chi connectivity index (χ0n) is 8.89. The number of likely N-dealkylation sites (tertiary alicyclic amines) is 1. The molecule has 1 amide bonds. The second-order valence-corrected chi connectivity index (χ2v) is 4.13. The Hall–Kier alpha value is -0.570. The van der Waals surface area contributed by atoms with Crippen LogP contribution in [0.5, 0.6) is 0 Å². The second-order valence-electron chi connectivity index (χ2n) is 4.13. The van der Waals surface area contributed by atoms with Crippen molar-refractivity contribution in [2.45, 2.75) is 26.2 Å². The normalized spacial score (nSPS) is 28.5. The van der Waals surface area contributed by atoms with E-state index >= 15 is 0 Å². The lowest BCUT2D eigenvalue weighted by atomic mass is 9.81. The molecule has 1 atom stereocenters. The first-order valence-electron chi connectivity index (χ1n) is 5.02. The van der Waals surface area contributed by atoms with Gasteiger partial charge in [0.05, 0.1) is 0 Å². The van der Waals surface area contributed by atoms with Gasteiger partial charge in [0, 0.05) is 20.0 Å². The lowest BCUT2D eigenvalue weighted by Gasteiger charge is -2.26. The van der Waals surface area contributed by atoms with Crippen LogP contribution in [-0.2, 0) is 4.79 Å². The maximum atomic E-state index is 11.4. The highest BCUT2D eigenvalue weighted by atomic mass is 16.2. The Balaban J connectivity index is 2.56. The fourth-order valence-electron chi connectivity index (χ4n) is 2.07. The average molecular weight is 184 g/mol. The molecule has 0 saturated carbocycles. The van der Waals surface area contributed by atoms with Gasteiger partial charge in [0.1, 0.15) is 0 Å². The van der Waals surface area contributed by atoms with Gasteiger partial charge in [0.15, 0.2) is 0 Å². The van der Waals surface area contributed by atoms with Crippen LogP contribution in [0.2, 0.25) is 0 Å². The Morgan fingerprint density at radius 1 is 1.62 bits per heavy atom. The molecule has 0 bridgehead atoms. The molecule has 1 N–H and O–H groups in total. The molecular formula is C10H20N2O. The molecule has 0 aromatic rings. The fourth-order valence-corrected chi connectivity index (χ4v) is 2.07. The van der Waals surface area contributed by atoms with Crippen molar-refractivity contribution in [1.29, 1.82) is 0 Å². The van der Waals surface area contributed by atoms with E-state index in [9.17, 15) is 4.79 Å². The van der Waals surface area contributed by atoms with Crippen molar-refractivity contribution in [3.8, 4) is 0 Å². The molecule has 76 valence electrons. The Morgan fingerprint density at radius 2 is 2.31 bits per heavy atom. The minimum Gasteiger partial charge on any atom is -0.345 e. The zero-order valence-corrected chi connectivity index (χ0v) is 8.89. The van der Waals surface area contributed by atoms with Crippen molar-refractivity contribution in [1.82, 2.24) is 10.2 Å². The number of nitrogens with zero attached hydrogens (tertiary/aromatic N) is 1. The minimum atomic E-state index is 0.245. The highest BCUT2D eigenvalue weighted by Crippen LogP contribution is 2.36. The van der Waals surface area contributed by atoms with E-state index in [-0.39, 0.29) is 5.41 Å². The molecule has 3 heteroatoms. The van der Waals surface area contributed by atoms with Gasteiger partial charge in [0.2, 0.25) is 5.91 Å². The summed E-state index contributed by atoms with van der Waals surface area (Å²) in [6.45, 7) is 4.13. The predicted octanol–water partition coefficient (Wildman–Crippen LogP) is 0.854. The van der Waals surface area contributed by atoms with E-state index in [0.717, 1.165) is 32.4 Å². The van der Waals surface area contributed by atoms with Crippen LogP contribution in [0.3, 0.4) is 0 Å². The van der Waals surface area contributed by atoms with Crippen LogP contribution in [0.4, 0.5) is 0 Å². The molecule has 0 aromatic carbocycles. The van der Waals surface area contributed by atoms with Crippen molar-refractivity contribution >= 4 is 5.91 Å². The van der Waals surface area contributed by atoms with E-state index in [4.69, 9.17) is 0 Å². The first-order valence-corrected chi connectivity index (χ1v) is 5.02. The maximum Gasteiger partial charge on any atom is 0.222 e. The molecule has 1 fully saturated rings. The van der Waals surface area contributed by atoms with Gasteiger partial charge in [0.25, 0.3) is 0 Å². The minimum absolute atomic E-state index is 0.245. The molecule has 0 spiro atoms. The highest BCUT2D eigenvalue weighted by Gasteiger charge is 2.39. The van der Waals surface area contributed by atoms with Crippen LogP contribution in [0.25, 0.3) is 0 Å². The lowest BCUT2D eigenvalue weighted by molar-refractivity contribution is -0.126. The Morgan fingerprint density at radius 3 is 2.69 bits per heavy atom. The third-order valence-electron chi connectivity index (χ3n) is 3.18. The predicted molar refractivity (Wildman–Crippen MR) is 53.5 cm³/mol. The summed E-state index contributed by atoms with van der Waals surface area (Å²) < 4.78 is 0. The van der Waals surface area contributed by atoms with E-state index in [1.165, 1.54) is 0 Å². The topological polar surface area (TPSA) is 32.3 Å². The summed E-state index contributed by atoms with van der Waals surface area (Å²) in [7, 11) is 3.86. The van der Waals surface area contributed by atoms with Gasteiger partial charge in [-0.2, -0.15) is 0 Å². The van der Waals surface area contributed by atoms with Gasteiger partial charge < -0.3 is 10.2 Å². The molecule has 0 aromatic heterocycles. The molecule has 1 heterocycles. The summed E-state index contributed by atoms with van der Waals surface area (Å²) in [4.78, 5) is 13.3. The maximum absolute atomic E-state index is 11.4. The molecule has 0 aliphatic carbocycles. The van der Waals surface area contributed by atoms with E-state index in [0.29, 0.717) is 5.91 Å². The van der Waals surface area contributed by atoms with Gasteiger partial charge in [-0.3, -0.25) is 4.79 Å². The highest BCUT2D eigenvalue weighted by molar-refractivity contribution is 5.79. The number of hydrogen-bond acceptors (Lipinski definition) is 2. The monoisotopic (exact) mass is 184 g/mol.